The molecule has 0 aromatic heterocycles. The zero-order chi connectivity index (χ0) is 73.3. The molecule has 0 spiro atoms. The summed E-state index contributed by atoms with van der Waals surface area (Å²) < 4.78 is 82.6. The Labute approximate surface area is 607 Å². The summed E-state index contributed by atoms with van der Waals surface area (Å²) in [5.41, 5.74) is 26.3. The van der Waals surface area contributed by atoms with Crippen molar-refractivity contribution in [2.75, 3.05) is 66.3 Å². The summed E-state index contributed by atoms with van der Waals surface area (Å²) in [6, 6.07) is 63.5. The van der Waals surface area contributed by atoms with Gasteiger partial charge in [-0.05, 0) is 167 Å². The van der Waals surface area contributed by atoms with Gasteiger partial charge in [0.15, 0.2) is 15.6 Å². The summed E-state index contributed by atoms with van der Waals surface area (Å²) >= 11 is 2.08. The second-order valence-electron chi connectivity index (χ2n) is 25.3. The molecule has 0 saturated carbocycles. The van der Waals surface area contributed by atoms with Crippen molar-refractivity contribution in [3.8, 4) is 0 Å². The number of carboxylic acids is 1. The van der Waals surface area contributed by atoms with Crippen LogP contribution in [0.25, 0.3) is 20.9 Å². The standard InChI is InChI=1S/C37H41N5O3S2.C22H23N5O2S2.C14H19NO2.2O2S/c1-37(2)20-22-42(23-21-37)33-16-12-31(13-17-33)36(43)28-47(44,45)35-18-10-30(11-19-35)27-41(24-25-46-34-6-4-3-5-7-34)26-29-8-14-32(15-9-29)39-40-38;23-26-25-20-10-6-18(7-11-20)16-27(14-15-30-21-4-2-1-3-5-21)17-19-8-12-22(13-9-19)31(24,28)29;1-14(2)7-9-15(10-8-14)12-5-3-11(4-6-12)13(16)17;2*1-3-2/h3-19H,20-28H2,1-2H3;1-13H,14-17H2,(H2,24,28,29);3-6H,7-10H2,1-2H3,(H,16,17);;. The Hall–Kier alpha value is -8.76. The van der Waals surface area contributed by atoms with Gasteiger partial charge < -0.3 is 14.9 Å². The summed E-state index contributed by atoms with van der Waals surface area (Å²) in [4.78, 5) is 41.4. The Morgan fingerprint density at radius 1 is 0.485 bits per heavy atom. The number of primary sulfonamides is 1. The van der Waals surface area contributed by atoms with Crippen molar-refractivity contribution in [1.82, 2.24) is 9.80 Å². The van der Waals surface area contributed by atoms with E-state index in [9.17, 15) is 26.4 Å². The van der Waals surface area contributed by atoms with Crippen molar-refractivity contribution in [3.63, 3.8) is 0 Å². The van der Waals surface area contributed by atoms with Gasteiger partial charge in [0.2, 0.25) is 10.0 Å². The van der Waals surface area contributed by atoms with Crippen molar-refractivity contribution >= 4 is 101 Å². The van der Waals surface area contributed by atoms with Crippen LogP contribution in [0.3, 0.4) is 0 Å². The third kappa shape index (κ3) is 29.0. The van der Waals surface area contributed by atoms with Gasteiger partial charge in [-0.15, -0.1) is 23.5 Å². The number of piperidine rings is 2. The lowest BCUT2D eigenvalue weighted by atomic mass is 9.82. The summed E-state index contributed by atoms with van der Waals surface area (Å²) in [5, 5.41) is 21.3. The maximum atomic E-state index is 13.2. The van der Waals surface area contributed by atoms with Crippen molar-refractivity contribution < 1.29 is 48.4 Å². The zero-order valence-corrected chi connectivity index (χ0v) is 61.6. The molecule has 101 heavy (non-hydrogen) atoms. The number of nitrogens with zero attached hydrogens (tertiary/aromatic N) is 10. The number of azide groups is 2. The molecule has 0 atom stereocenters. The number of carbonyl (C=O) groups excluding carboxylic acids is 1. The van der Waals surface area contributed by atoms with Crippen LogP contribution in [0.4, 0.5) is 22.7 Å². The number of anilines is 2. The summed E-state index contributed by atoms with van der Waals surface area (Å²) in [6.07, 6.45) is 4.61. The topological polar surface area (TPSA) is 327 Å². The Morgan fingerprint density at radius 2 is 0.802 bits per heavy atom. The number of hydrogen-bond acceptors (Lipinski definition) is 18. The van der Waals surface area contributed by atoms with E-state index < -0.39 is 60.5 Å². The lowest BCUT2D eigenvalue weighted by Gasteiger charge is -2.38. The number of benzene rings is 8. The molecule has 28 heteroatoms. The van der Waals surface area contributed by atoms with E-state index in [2.05, 4.69) is 91.6 Å². The van der Waals surface area contributed by atoms with Crippen LogP contribution in [-0.4, -0.2) is 117 Å². The van der Waals surface area contributed by atoms with Gasteiger partial charge in [-0.3, -0.25) is 14.6 Å². The summed E-state index contributed by atoms with van der Waals surface area (Å²) in [5.74, 6) is -0.0497. The predicted molar refractivity (Wildman–Crippen MR) is 402 cm³/mol. The van der Waals surface area contributed by atoms with E-state index in [1.165, 1.54) is 34.8 Å². The van der Waals surface area contributed by atoms with Crippen LogP contribution in [0.1, 0.15) is 96.3 Å². The minimum absolute atomic E-state index is 0.107. The van der Waals surface area contributed by atoms with Gasteiger partial charge in [-0.25, -0.2) is 26.8 Å². The van der Waals surface area contributed by atoms with Crippen LogP contribution in [0.2, 0.25) is 0 Å². The van der Waals surface area contributed by atoms with Crippen LogP contribution in [-0.2, 0) is 69.2 Å². The van der Waals surface area contributed by atoms with E-state index >= 15 is 0 Å². The number of hydrogen-bond donors (Lipinski definition) is 2. The van der Waals surface area contributed by atoms with Crippen LogP contribution >= 0.6 is 23.5 Å². The molecule has 0 radical (unpaired) electrons. The second kappa shape index (κ2) is 41.2. The number of nitrogens with two attached hydrogens (primary N) is 1. The predicted octanol–water partition coefficient (Wildman–Crippen LogP) is 15.4. The van der Waals surface area contributed by atoms with Crippen LogP contribution in [0.15, 0.2) is 236 Å². The quantitative estimate of drug-likeness (QED) is 0.0167. The van der Waals surface area contributed by atoms with Gasteiger partial charge in [0, 0.05) is 125 Å². The van der Waals surface area contributed by atoms with E-state index in [4.69, 9.17) is 38.1 Å². The lowest BCUT2D eigenvalue weighted by molar-refractivity contribution is 0.0696. The van der Waals surface area contributed by atoms with Gasteiger partial charge in [0.05, 0.1) is 15.4 Å². The van der Waals surface area contributed by atoms with E-state index in [1.54, 1.807) is 96.3 Å². The van der Waals surface area contributed by atoms with E-state index in [1.807, 2.05) is 97.1 Å². The zero-order valence-electron chi connectivity index (χ0n) is 56.7. The first-order chi connectivity index (χ1) is 48.3. The largest absolute Gasteiger partial charge is 0.478 e. The Balaban J connectivity index is 0.000000253. The number of ketones is 1. The molecule has 22 nitrogen and oxygen atoms in total. The molecule has 10 rings (SSSR count). The average Bonchev–Trinajstić information content (AvgIpc) is 0.840. The third-order valence-corrected chi connectivity index (χ3v) is 21.3. The van der Waals surface area contributed by atoms with E-state index in [0.29, 0.717) is 59.5 Å². The highest BCUT2D eigenvalue weighted by molar-refractivity contribution is 7.99. The molecule has 532 valence electrons. The molecular weight excluding hydrogens is 1400 g/mol. The summed E-state index contributed by atoms with van der Waals surface area (Å²) in [6.45, 7) is 17.6. The molecule has 2 aliphatic rings. The van der Waals surface area contributed by atoms with Gasteiger partial charge in [-0.1, -0.05) is 147 Å². The molecule has 8 aromatic rings. The van der Waals surface area contributed by atoms with Gasteiger partial charge in [-0.2, -0.15) is 16.8 Å². The highest BCUT2D eigenvalue weighted by Crippen LogP contribution is 2.34. The molecule has 0 bridgehead atoms. The van der Waals surface area contributed by atoms with Crippen LogP contribution < -0.4 is 14.9 Å². The third-order valence-electron chi connectivity index (χ3n) is 16.8. The van der Waals surface area contributed by atoms with Gasteiger partial charge in [0.1, 0.15) is 5.75 Å². The number of carbonyl (C=O) groups is 2. The molecule has 2 saturated heterocycles. The molecule has 0 amide bonds. The van der Waals surface area contributed by atoms with E-state index in [0.717, 1.165) is 97.2 Å². The monoisotopic (exact) mass is 1480 g/mol. The second-order valence-corrected chi connectivity index (χ2v) is 31.5. The smallest absolute Gasteiger partial charge is 0.335 e. The number of carboxylic acid groups (broad SMARTS) is 1. The van der Waals surface area contributed by atoms with E-state index in [-0.39, 0.29) is 9.79 Å². The minimum Gasteiger partial charge on any atom is -0.478 e. The fourth-order valence-electron chi connectivity index (χ4n) is 10.9. The highest BCUT2D eigenvalue weighted by Gasteiger charge is 2.28. The van der Waals surface area contributed by atoms with Crippen molar-refractivity contribution in [1.29, 1.82) is 0 Å². The number of sulfonamides is 1. The molecule has 2 aliphatic heterocycles. The molecule has 2 fully saturated rings. The van der Waals surface area contributed by atoms with Crippen molar-refractivity contribution in [3.05, 3.63) is 261 Å². The first kappa shape index (κ1) is 81.2. The normalized spacial score (nSPS) is 13.7. The van der Waals surface area contributed by atoms with Gasteiger partial charge in [0.25, 0.3) is 0 Å². The number of sulfone groups is 1. The maximum Gasteiger partial charge on any atom is 0.335 e. The Kier molecular flexibility index (Phi) is 33.2. The molecule has 0 unspecified atom stereocenters. The lowest BCUT2D eigenvalue weighted by Crippen LogP contribution is -2.37. The van der Waals surface area contributed by atoms with Crippen molar-refractivity contribution in [2.24, 2.45) is 26.2 Å². The average molecular weight is 1480 g/mol. The number of thioether (sulfide) groups is 2. The maximum absolute atomic E-state index is 13.2. The van der Waals surface area contributed by atoms with Gasteiger partial charge >= 0.3 is 29.1 Å². The fraction of sp³-hybridized carbons (Fsp3) is 0.315. The Bertz CT molecular complexity index is 4300. The Morgan fingerprint density at radius 3 is 1.12 bits per heavy atom. The number of rotatable bonds is 26. The SMILES string of the molecule is CC1(C)CCN(c2ccc(C(=O)CS(=O)(=O)c3ccc(CN(CCSc4ccccc4)Cc4ccc(N=[N+]=[N-])cc4)cc3)cc2)CC1.CC1(C)CCN(c2ccc(C(=O)O)cc2)CC1.O=S=O.O=S=O.[N-]=[N+]=Nc1ccc(CN(CCSc2ccccc2)Cc2ccc(S(N)(=O)=O)cc2)cc1. The number of aromatic carboxylic acids is 1. The molecular formula is C73H83N11O11S6. The first-order valence-corrected chi connectivity index (χ1v) is 38.7. The van der Waals surface area contributed by atoms with Crippen LogP contribution in [0, 0.1) is 10.8 Å². The molecule has 8 aromatic carbocycles. The summed E-state index contributed by atoms with van der Waals surface area (Å²) in [7, 11) is -7.51. The fourth-order valence-corrected chi connectivity index (χ4v) is 14.5. The molecule has 0 aliphatic carbocycles. The number of Topliss-reactive ketones (excluding diaryl/α,β-unsaturated/α-hetero) is 1. The molecule has 2 heterocycles. The van der Waals surface area contributed by atoms with Crippen molar-refractivity contribution in [2.45, 2.75) is 99.1 Å². The minimum atomic E-state index is -3.81. The molecule has 3 N–H and O–H groups in total. The highest BCUT2D eigenvalue weighted by atomic mass is 32.2. The van der Waals surface area contributed by atoms with Crippen LogP contribution in [0.5, 0.6) is 0 Å². The first-order valence-electron chi connectivity index (χ1n) is 32.2.